The first-order chi connectivity index (χ1) is 15.2. The van der Waals surface area contributed by atoms with E-state index in [2.05, 4.69) is 17.6 Å². The molecule has 31 heavy (non-hydrogen) atoms. The monoisotopic (exact) mass is 422 g/mol. The summed E-state index contributed by atoms with van der Waals surface area (Å²) < 4.78 is 5.85. The smallest absolute Gasteiger partial charge is 0.259 e. The molecule has 1 fully saturated rings. The van der Waals surface area contributed by atoms with Crippen LogP contribution < -0.4 is 15.4 Å². The van der Waals surface area contributed by atoms with Gasteiger partial charge in [0.15, 0.2) is 0 Å². The van der Waals surface area contributed by atoms with Gasteiger partial charge in [-0.15, -0.1) is 0 Å². The molecule has 0 heterocycles. The Morgan fingerprint density at radius 2 is 1.65 bits per heavy atom. The highest BCUT2D eigenvalue weighted by Gasteiger charge is 2.17. The van der Waals surface area contributed by atoms with Crippen LogP contribution in [0.1, 0.15) is 85.4 Å². The van der Waals surface area contributed by atoms with Gasteiger partial charge in [0.1, 0.15) is 5.75 Å². The standard InChI is InChI=1S/C26H34N2O3/c1-2-3-4-10-19-31-24-14-9-8-13-23(24)26(30)28-22-17-15-20(16-18-22)25(29)27-21-11-6-5-7-12-21/h8-9,13-18,21H,2-7,10-12,19H2,1H3,(H,27,29)(H,28,30). The summed E-state index contributed by atoms with van der Waals surface area (Å²) in [6.07, 6.45) is 10.2. The van der Waals surface area contributed by atoms with E-state index in [1.807, 2.05) is 18.2 Å². The topological polar surface area (TPSA) is 67.4 Å². The molecule has 0 spiro atoms. The number of hydrogen-bond donors (Lipinski definition) is 2. The lowest BCUT2D eigenvalue weighted by atomic mass is 9.95. The van der Waals surface area contributed by atoms with E-state index >= 15 is 0 Å². The van der Waals surface area contributed by atoms with E-state index in [-0.39, 0.29) is 17.9 Å². The Kier molecular flexibility index (Phi) is 8.95. The predicted molar refractivity (Wildman–Crippen MR) is 125 cm³/mol. The van der Waals surface area contributed by atoms with Gasteiger partial charge in [-0.1, -0.05) is 57.6 Å². The molecule has 2 amide bonds. The summed E-state index contributed by atoms with van der Waals surface area (Å²) in [6.45, 7) is 2.78. The number of nitrogens with one attached hydrogen (secondary N) is 2. The summed E-state index contributed by atoms with van der Waals surface area (Å²) in [7, 11) is 0. The number of anilines is 1. The minimum atomic E-state index is -0.219. The number of carbonyl (C=O) groups excluding carboxylic acids is 2. The fraction of sp³-hybridized carbons (Fsp3) is 0.462. The molecular formula is C26H34N2O3. The van der Waals surface area contributed by atoms with E-state index in [0.29, 0.717) is 29.2 Å². The van der Waals surface area contributed by atoms with Crippen LogP contribution in [-0.4, -0.2) is 24.5 Å². The Balaban J connectivity index is 1.55. The molecule has 166 valence electrons. The zero-order valence-electron chi connectivity index (χ0n) is 18.5. The van der Waals surface area contributed by atoms with Crippen LogP contribution in [0.5, 0.6) is 5.75 Å². The highest BCUT2D eigenvalue weighted by atomic mass is 16.5. The second-order valence-electron chi connectivity index (χ2n) is 8.25. The van der Waals surface area contributed by atoms with Gasteiger partial charge in [0.2, 0.25) is 0 Å². The van der Waals surface area contributed by atoms with Crippen molar-refractivity contribution in [3.05, 3.63) is 59.7 Å². The highest BCUT2D eigenvalue weighted by Crippen LogP contribution is 2.21. The van der Waals surface area contributed by atoms with Crippen molar-refractivity contribution in [1.29, 1.82) is 0 Å². The number of hydrogen-bond acceptors (Lipinski definition) is 3. The van der Waals surface area contributed by atoms with Crippen LogP contribution in [0.3, 0.4) is 0 Å². The van der Waals surface area contributed by atoms with Gasteiger partial charge in [0.25, 0.3) is 11.8 Å². The summed E-state index contributed by atoms with van der Waals surface area (Å²) >= 11 is 0. The van der Waals surface area contributed by atoms with Crippen molar-refractivity contribution in [1.82, 2.24) is 5.32 Å². The van der Waals surface area contributed by atoms with Crippen molar-refractivity contribution in [2.75, 3.05) is 11.9 Å². The molecule has 2 N–H and O–H groups in total. The lowest BCUT2D eigenvalue weighted by Gasteiger charge is -2.22. The molecule has 0 atom stereocenters. The molecule has 0 saturated heterocycles. The molecule has 0 bridgehead atoms. The van der Waals surface area contributed by atoms with Crippen molar-refractivity contribution < 1.29 is 14.3 Å². The lowest BCUT2D eigenvalue weighted by molar-refractivity contribution is 0.0927. The Morgan fingerprint density at radius 1 is 0.903 bits per heavy atom. The van der Waals surface area contributed by atoms with Crippen LogP contribution in [0.2, 0.25) is 0 Å². The molecule has 5 nitrogen and oxygen atoms in total. The fourth-order valence-electron chi connectivity index (χ4n) is 3.91. The quantitative estimate of drug-likeness (QED) is 0.464. The number of para-hydroxylation sites is 1. The minimum absolute atomic E-state index is 0.0494. The number of ether oxygens (including phenoxy) is 1. The van der Waals surface area contributed by atoms with Crippen molar-refractivity contribution >= 4 is 17.5 Å². The van der Waals surface area contributed by atoms with E-state index in [0.717, 1.165) is 25.7 Å². The third-order valence-electron chi connectivity index (χ3n) is 5.73. The van der Waals surface area contributed by atoms with E-state index in [1.54, 1.807) is 30.3 Å². The largest absolute Gasteiger partial charge is 0.493 e. The molecule has 2 aromatic rings. The van der Waals surface area contributed by atoms with Crippen molar-refractivity contribution in [2.24, 2.45) is 0 Å². The third-order valence-corrected chi connectivity index (χ3v) is 5.73. The fourth-order valence-corrected chi connectivity index (χ4v) is 3.91. The van der Waals surface area contributed by atoms with Crippen LogP contribution in [0.15, 0.2) is 48.5 Å². The number of amides is 2. The van der Waals surface area contributed by atoms with Crippen molar-refractivity contribution in [2.45, 2.75) is 70.8 Å². The first kappa shape index (κ1) is 22.9. The van der Waals surface area contributed by atoms with Gasteiger partial charge in [-0.25, -0.2) is 0 Å². The summed E-state index contributed by atoms with van der Waals surface area (Å²) in [5.41, 5.74) is 1.77. The molecule has 1 saturated carbocycles. The number of carbonyl (C=O) groups is 2. The van der Waals surface area contributed by atoms with E-state index in [1.165, 1.54) is 32.1 Å². The van der Waals surface area contributed by atoms with Gasteiger partial charge in [-0.05, 0) is 55.7 Å². The zero-order valence-corrected chi connectivity index (χ0v) is 18.5. The van der Waals surface area contributed by atoms with E-state index in [9.17, 15) is 9.59 Å². The Hall–Kier alpha value is -2.82. The van der Waals surface area contributed by atoms with Gasteiger partial charge < -0.3 is 15.4 Å². The molecule has 0 aromatic heterocycles. The van der Waals surface area contributed by atoms with Crippen molar-refractivity contribution in [3.63, 3.8) is 0 Å². The second-order valence-corrected chi connectivity index (χ2v) is 8.25. The average molecular weight is 423 g/mol. The summed E-state index contributed by atoms with van der Waals surface area (Å²) in [4.78, 5) is 25.2. The lowest BCUT2D eigenvalue weighted by Crippen LogP contribution is -2.36. The summed E-state index contributed by atoms with van der Waals surface area (Å²) in [5, 5.41) is 6.02. The second kappa shape index (κ2) is 12.1. The van der Waals surface area contributed by atoms with E-state index < -0.39 is 0 Å². The van der Waals surface area contributed by atoms with Gasteiger partial charge in [0, 0.05) is 17.3 Å². The molecule has 0 unspecified atom stereocenters. The Morgan fingerprint density at radius 3 is 2.39 bits per heavy atom. The maximum Gasteiger partial charge on any atom is 0.259 e. The number of rotatable bonds is 10. The van der Waals surface area contributed by atoms with E-state index in [4.69, 9.17) is 4.74 Å². The average Bonchev–Trinajstić information content (AvgIpc) is 2.80. The minimum Gasteiger partial charge on any atom is -0.493 e. The van der Waals surface area contributed by atoms with Crippen molar-refractivity contribution in [3.8, 4) is 5.75 Å². The van der Waals surface area contributed by atoms with Gasteiger partial charge in [0.05, 0.1) is 12.2 Å². The van der Waals surface area contributed by atoms with Gasteiger partial charge >= 0.3 is 0 Å². The number of unbranched alkanes of at least 4 members (excludes halogenated alkanes) is 3. The Bertz CT molecular complexity index is 842. The summed E-state index contributed by atoms with van der Waals surface area (Å²) in [5.74, 6) is 0.329. The van der Waals surface area contributed by atoms with Crippen LogP contribution in [-0.2, 0) is 0 Å². The molecule has 0 radical (unpaired) electrons. The molecule has 1 aliphatic rings. The zero-order chi connectivity index (χ0) is 21.9. The number of benzene rings is 2. The molecule has 0 aliphatic heterocycles. The molecule has 3 rings (SSSR count). The summed E-state index contributed by atoms with van der Waals surface area (Å²) in [6, 6.07) is 14.6. The first-order valence-corrected chi connectivity index (χ1v) is 11.6. The van der Waals surface area contributed by atoms with Crippen LogP contribution >= 0.6 is 0 Å². The third kappa shape index (κ3) is 7.12. The van der Waals surface area contributed by atoms with Crippen LogP contribution in [0, 0.1) is 0 Å². The maximum atomic E-state index is 12.8. The maximum absolute atomic E-state index is 12.8. The predicted octanol–water partition coefficient (Wildman–Crippen LogP) is 5.96. The molecule has 1 aliphatic carbocycles. The molecule has 2 aromatic carbocycles. The Labute approximate surface area is 185 Å². The normalized spacial score (nSPS) is 14.1. The van der Waals surface area contributed by atoms with Gasteiger partial charge in [-0.2, -0.15) is 0 Å². The first-order valence-electron chi connectivity index (χ1n) is 11.6. The van der Waals surface area contributed by atoms with Crippen LogP contribution in [0.25, 0.3) is 0 Å². The van der Waals surface area contributed by atoms with Gasteiger partial charge in [-0.3, -0.25) is 9.59 Å². The molecule has 5 heteroatoms. The van der Waals surface area contributed by atoms with Crippen LogP contribution in [0.4, 0.5) is 5.69 Å². The highest BCUT2D eigenvalue weighted by molar-refractivity contribution is 6.06. The molecular weight excluding hydrogens is 388 g/mol. The SMILES string of the molecule is CCCCCCOc1ccccc1C(=O)Nc1ccc(C(=O)NC2CCCCC2)cc1.